The molecule has 1 aromatic carbocycles. The van der Waals surface area contributed by atoms with E-state index in [0.717, 1.165) is 30.9 Å². The molecule has 1 amide bonds. The SMILES string of the molecule is COC.Cc1noc(-c2cc3c(cc2Cl)N(C(=O)CN2CCNC(C)C2)CC3(C)C)n1. The molecule has 0 bridgehead atoms. The Morgan fingerprint density at radius 2 is 2.10 bits per heavy atom. The highest BCUT2D eigenvalue weighted by Gasteiger charge is 2.39. The van der Waals surface area contributed by atoms with Gasteiger partial charge in [0, 0.05) is 57.5 Å². The van der Waals surface area contributed by atoms with E-state index in [1.54, 1.807) is 21.1 Å². The molecule has 3 heterocycles. The monoisotopic (exact) mass is 449 g/mol. The molecular formula is C22H32ClN5O3. The number of carbonyl (C=O) groups excluding carboxylic acids is 1. The third kappa shape index (κ3) is 5.26. The molecule has 2 aliphatic heterocycles. The van der Waals surface area contributed by atoms with E-state index in [1.165, 1.54) is 0 Å². The first-order chi connectivity index (χ1) is 14.7. The Balaban J connectivity index is 0.000000858. The van der Waals surface area contributed by atoms with Crippen LogP contribution in [0.1, 0.15) is 32.2 Å². The lowest BCUT2D eigenvalue weighted by molar-refractivity contribution is -0.120. The van der Waals surface area contributed by atoms with Crippen LogP contribution >= 0.6 is 11.6 Å². The highest BCUT2D eigenvalue weighted by atomic mass is 35.5. The summed E-state index contributed by atoms with van der Waals surface area (Å²) in [6.45, 7) is 11.9. The van der Waals surface area contributed by atoms with Gasteiger partial charge in [-0.3, -0.25) is 9.69 Å². The number of ether oxygens (including phenoxy) is 1. The summed E-state index contributed by atoms with van der Waals surface area (Å²) in [4.78, 5) is 21.5. The number of piperazine rings is 1. The zero-order valence-electron chi connectivity index (χ0n) is 19.2. The summed E-state index contributed by atoms with van der Waals surface area (Å²) >= 11 is 6.54. The lowest BCUT2D eigenvalue weighted by Crippen LogP contribution is -2.52. The van der Waals surface area contributed by atoms with Gasteiger partial charge < -0.3 is 19.5 Å². The van der Waals surface area contributed by atoms with Crippen LogP contribution in [0.25, 0.3) is 11.5 Å². The van der Waals surface area contributed by atoms with Gasteiger partial charge in [-0.15, -0.1) is 0 Å². The minimum Gasteiger partial charge on any atom is -0.388 e. The number of aromatic nitrogens is 2. The zero-order chi connectivity index (χ0) is 22.8. The van der Waals surface area contributed by atoms with Crippen molar-refractivity contribution in [3.05, 3.63) is 28.5 Å². The van der Waals surface area contributed by atoms with E-state index in [4.69, 9.17) is 16.1 Å². The molecule has 170 valence electrons. The van der Waals surface area contributed by atoms with Crippen LogP contribution in [0, 0.1) is 6.92 Å². The first-order valence-corrected chi connectivity index (χ1v) is 10.8. The Morgan fingerprint density at radius 1 is 1.39 bits per heavy atom. The zero-order valence-corrected chi connectivity index (χ0v) is 19.9. The van der Waals surface area contributed by atoms with Crippen molar-refractivity contribution in [3.8, 4) is 11.5 Å². The van der Waals surface area contributed by atoms with Gasteiger partial charge in [0.2, 0.25) is 5.91 Å². The quantitative estimate of drug-likeness (QED) is 0.771. The number of anilines is 1. The summed E-state index contributed by atoms with van der Waals surface area (Å²) in [7, 11) is 3.25. The number of carbonyl (C=O) groups is 1. The minimum absolute atomic E-state index is 0.110. The summed E-state index contributed by atoms with van der Waals surface area (Å²) in [6.07, 6.45) is 0. The molecule has 4 rings (SSSR count). The summed E-state index contributed by atoms with van der Waals surface area (Å²) in [5, 5.41) is 7.78. The number of nitrogens with zero attached hydrogens (tertiary/aromatic N) is 4. The van der Waals surface area contributed by atoms with Crippen LogP contribution in [0.4, 0.5) is 5.69 Å². The van der Waals surface area contributed by atoms with Crippen LogP contribution in [0.5, 0.6) is 0 Å². The van der Waals surface area contributed by atoms with E-state index in [0.29, 0.717) is 41.4 Å². The number of methoxy groups -OCH3 is 1. The topological polar surface area (TPSA) is 83.7 Å². The van der Waals surface area contributed by atoms with Gasteiger partial charge in [0.25, 0.3) is 5.89 Å². The highest BCUT2D eigenvalue weighted by Crippen LogP contribution is 2.45. The lowest BCUT2D eigenvalue weighted by Gasteiger charge is -2.32. The fraction of sp³-hybridized carbons (Fsp3) is 0.591. The molecule has 0 aliphatic carbocycles. The smallest absolute Gasteiger partial charge is 0.259 e. The average molecular weight is 450 g/mol. The van der Waals surface area contributed by atoms with Crippen molar-refractivity contribution >= 4 is 23.2 Å². The minimum atomic E-state index is -0.184. The molecule has 0 saturated carbocycles. The second-order valence-corrected chi connectivity index (χ2v) is 9.27. The van der Waals surface area contributed by atoms with E-state index >= 15 is 0 Å². The van der Waals surface area contributed by atoms with Crippen molar-refractivity contribution in [1.29, 1.82) is 0 Å². The fourth-order valence-corrected chi connectivity index (χ4v) is 4.36. The summed E-state index contributed by atoms with van der Waals surface area (Å²) < 4.78 is 9.56. The van der Waals surface area contributed by atoms with Gasteiger partial charge in [-0.2, -0.15) is 4.98 Å². The van der Waals surface area contributed by atoms with E-state index < -0.39 is 0 Å². The van der Waals surface area contributed by atoms with Crippen molar-refractivity contribution in [1.82, 2.24) is 20.4 Å². The molecule has 2 aliphatic rings. The first kappa shape index (κ1) is 23.7. The Morgan fingerprint density at radius 3 is 2.71 bits per heavy atom. The highest BCUT2D eigenvalue weighted by molar-refractivity contribution is 6.33. The molecular weight excluding hydrogens is 418 g/mol. The van der Waals surface area contributed by atoms with Crippen molar-refractivity contribution in [2.45, 2.75) is 39.2 Å². The number of hydrogen-bond acceptors (Lipinski definition) is 7. The summed E-state index contributed by atoms with van der Waals surface area (Å²) in [5.41, 5.74) is 2.48. The molecule has 2 aromatic rings. The first-order valence-electron chi connectivity index (χ1n) is 10.5. The van der Waals surface area contributed by atoms with Gasteiger partial charge in [-0.05, 0) is 31.5 Å². The number of fused-ring (bicyclic) bond motifs is 1. The largest absolute Gasteiger partial charge is 0.388 e. The van der Waals surface area contributed by atoms with E-state index in [9.17, 15) is 4.79 Å². The fourth-order valence-electron chi connectivity index (χ4n) is 4.12. The number of halogens is 1. The summed E-state index contributed by atoms with van der Waals surface area (Å²) in [6, 6.07) is 4.25. The van der Waals surface area contributed by atoms with Crippen LogP contribution in [0.2, 0.25) is 5.02 Å². The second-order valence-electron chi connectivity index (χ2n) is 8.86. The van der Waals surface area contributed by atoms with Crippen molar-refractivity contribution in [3.63, 3.8) is 0 Å². The molecule has 1 N–H and O–H groups in total. The predicted octanol–water partition coefficient (Wildman–Crippen LogP) is 2.88. The van der Waals surface area contributed by atoms with Crippen molar-refractivity contribution in [2.75, 3.05) is 51.8 Å². The molecule has 31 heavy (non-hydrogen) atoms. The third-order valence-electron chi connectivity index (χ3n) is 5.53. The van der Waals surface area contributed by atoms with Gasteiger partial charge in [0.15, 0.2) is 5.82 Å². The molecule has 1 atom stereocenters. The second kappa shape index (κ2) is 9.65. The van der Waals surface area contributed by atoms with E-state index in [-0.39, 0.29) is 11.3 Å². The molecule has 0 radical (unpaired) electrons. The van der Waals surface area contributed by atoms with E-state index in [1.807, 2.05) is 17.0 Å². The van der Waals surface area contributed by atoms with Crippen molar-refractivity contribution in [2.24, 2.45) is 0 Å². The van der Waals surface area contributed by atoms with Gasteiger partial charge in [-0.1, -0.05) is 30.6 Å². The maximum atomic E-state index is 13.1. The molecule has 1 saturated heterocycles. The maximum absolute atomic E-state index is 13.1. The van der Waals surface area contributed by atoms with Gasteiger partial charge in [0.05, 0.1) is 17.1 Å². The number of aryl methyl sites for hydroxylation is 1. The van der Waals surface area contributed by atoms with Crippen LogP contribution in [0.3, 0.4) is 0 Å². The predicted molar refractivity (Wildman–Crippen MR) is 122 cm³/mol. The Bertz CT molecular complexity index is 930. The van der Waals surface area contributed by atoms with Gasteiger partial charge in [0.1, 0.15) is 0 Å². The molecule has 1 fully saturated rings. The number of rotatable bonds is 3. The molecule has 0 spiro atoms. The van der Waals surface area contributed by atoms with Crippen LogP contribution in [0.15, 0.2) is 16.7 Å². The Hall–Kier alpha value is -2.00. The van der Waals surface area contributed by atoms with Crippen molar-refractivity contribution < 1.29 is 14.1 Å². The van der Waals surface area contributed by atoms with Gasteiger partial charge >= 0.3 is 0 Å². The molecule has 1 aromatic heterocycles. The lowest BCUT2D eigenvalue weighted by atomic mass is 9.86. The average Bonchev–Trinajstić information content (AvgIpc) is 3.22. The van der Waals surface area contributed by atoms with E-state index in [2.05, 4.69) is 45.9 Å². The molecule has 9 heteroatoms. The maximum Gasteiger partial charge on any atom is 0.259 e. The molecule has 1 unspecified atom stereocenters. The number of benzene rings is 1. The third-order valence-corrected chi connectivity index (χ3v) is 5.84. The normalized spacial score (nSPS) is 20.2. The Labute approximate surface area is 188 Å². The number of nitrogens with one attached hydrogen (secondary N) is 1. The number of hydrogen-bond donors (Lipinski definition) is 1. The van der Waals surface area contributed by atoms with Crippen LogP contribution in [-0.2, 0) is 14.9 Å². The van der Waals surface area contributed by atoms with Crippen LogP contribution in [-0.4, -0.2) is 73.9 Å². The molecule has 8 nitrogen and oxygen atoms in total. The van der Waals surface area contributed by atoms with Gasteiger partial charge in [-0.25, -0.2) is 0 Å². The van der Waals surface area contributed by atoms with Crippen LogP contribution < -0.4 is 10.2 Å². The Kier molecular flexibility index (Phi) is 7.36. The summed E-state index contributed by atoms with van der Waals surface area (Å²) in [5.74, 6) is 1.08. The number of amides is 1. The standard InChI is InChI=1S/C20H26ClN5O2.C2H6O/c1-12-9-25(6-5-22-12)10-18(27)26-11-20(3,4)15-7-14(16(21)8-17(15)26)19-23-13(2)24-28-19;1-3-2/h7-8,12,22H,5-6,9-11H2,1-4H3;1-2H3.